The molecule has 1 amide bonds. The smallest absolute Gasteiger partial charge is 0.238 e. The molecule has 0 atom stereocenters. The van der Waals surface area contributed by atoms with Crippen molar-refractivity contribution in [2.45, 2.75) is 13.8 Å². The number of carbonyl (C=O) groups excluding carboxylic acids is 1. The number of nitrogens with one attached hydrogen (secondary N) is 1. The van der Waals surface area contributed by atoms with E-state index in [1.807, 2.05) is 13.8 Å². The van der Waals surface area contributed by atoms with Crippen molar-refractivity contribution in [2.75, 3.05) is 13.1 Å². The van der Waals surface area contributed by atoms with Crippen LogP contribution in [0, 0.1) is 0 Å². The van der Waals surface area contributed by atoms with Crippen LogP contribution in [0.2, 0.25) is 0 Å². The van der Waals surface area contributed by atoms with Gasteiger partial charge in [-0.15, -0.1) is 0 Å². The van der Waals surface area contributed by atoms with E-state index in [4.69, 9.17) is 17.2 Å². The number of carbonyl (C=O) groups is 1. The lowest BCUT2D eigenvalue weighted by atomic mass is 10.2. The summed E-state index contributed by atoms with van der Waals surface area (Å²) in [5, 5.41) is 2.64. The van der Waals surface area contributed by atoms with Crippen molar-refractivity contribution in [3.63, 3.8) is 0 Å². The summed E-state index contributed by atoms with van der Waals surface area (Å²) in [5.41, 5.74) is 17.2. The molecule has 6 nitrogen and oxygen atoms in total. The molecule has 0 radical (unpaired) electrons. The molecule has 16 heavy (non-hydrogen) atoms. The molecule has 0 aromatic carbocycles. The lowest BCUT2D eigenvalue weighted by molar-refractivity contribution is -0.118. The number of amides is 1. The summed E-state index contributed by atoms with van der Waals surface area (Å²) in [6.45, 7) is 4.04. The molecule has 0 saturated heterocycles. The quantitative estimate of drug-likeness (QED) is 0.278. The predicted molar refractivity (Wildman–Crippen MR) is 65.4 cm³/mol. The van der Waals surface area contributed by atoms with E-state index < -0.39 is 0 Å². The fourth-order valence-corrected chi connectivity index (χ4v) is 0.931. The van der Waals surface area contributed by atoms with Crippen molar-refractivity contribution < 1.29 is 4.79 Å². The maximum absolute atomic E-state index is 11.1. The van der Waals surface area contributed by atoms with Crippen LogP contribution in [0.5, 0.6) is 0 Å². The van der Waals surface area contributed by atoms with Crippen molar-refractivity contribution in [2.24, 2.45) is 22.2 Å². The van der Waals surface area contributed by atoms with Gasteiger partial charge < -0.3 is 22.5 Å². The molecular weight excluding hydrogens is 206 g/mol. The molecule has 0 aromatic heterocycles. The molecule has 0 aliphatic rings. The second kappa shape index (κ2) is 7.47. The standard InChI is InChI=1S/C10H19N5O/c1-3-8(15-9(16)5-11)4-7(2)6-14-10(12)13/h3-4H,5-6,11H2,1-2H3,(H,15,16)(H4,12,13,14). The minimum atomic E-state index is -0.237. The third-order valence-electron chi connectivity index (χ3n) is 1.69. The molecule has 0 unspecified atom stereocenters. The zero-order chi connectivity index (χ0) is 12.6. The van der Waals surface area contributed by atoms with E-state index in [0.717, 1.165) is 5.57 Å². The molecule has 0 bridgehead atoms. The average molecular weight is 225 g/mol. The first kappa shape index (κ1) is 14.2. The number of nitrogens with zero attached hydrogens (tertiary/aromatic N) is 1. The lowest BCUT2D eigenvalue weighted by Gasteiger charge is -2.05. The number of hydrogen-bond donors (Lipinski definition) is 4. The highest BCUT2D eigenvalue weighted by Gasteiger charge is 1.99. The van der Waals surface area contributed by atoms with Crippen molar-refractivity contribution in [3.8, 4) is 0 Å². The van der Waals surface area contributed by atoms with Gasteiger partial charge >= 0.3 is 0 Å². The van der Waals surface area contributed by atoms with Crippen molar-refractivity contribution in [3.05, 3.63) is 23.4 Å². The fraction of sp³-hybridized carbons (Fsp3) is 0.400. The van der Waals surface area contributed by atoms with E-state index >= 15 is 0 Å². The normalized spacial score (nSPS) is 12.2. The average Bonchev–Trinajstić information content (AvgIpc) is 2.25. The topological polar surface area (TPSA) is 120 Å². The van der Waals surface area contributed by atoms with Gasteiger partial charge in [0, 0.05) is 5.70 Å². The van der Waals surface area contributed by atoms with E-state index in [1.54, 1.807) is 12.2 Å². The fourth-order valence-electron chi connectivity index (χ4n) is 0.931. The monoisotopic (exact) mass is 225 g/mol. The van der Waals surface area contributed by atoms with Crippen LogP contribution in [0.4, 0.5) is 0 Å². The summed E-state index contributed by atoms with van der Waals surface area (Å²) in [7, 11) is 0. The summed E-state index contributed by atoms with van der Waals surface area (Å²) in [6, 6.07) is 0. The Kier molecular flexibility index (Phi) is 6.62. The molecule has 7 N–H and O–H groups in total. The summed E-state index contributed by atoms with van der Waals surface area (Å²) >= 11 is 0. The number of rotatable bonds is 5. The Bertz CT molecular complexity index is 326. The number of nitrogens with two attached hydrogens (primary N) is 3. The Morgan fingerprint density at radius 1 is 1.44 bits per heavy atom. The van der Waals surface area contributed by atoms with E-state index in [1.165, 1.54) is 0 Å². The zero-order valence-corrected chi connectivity index (χ0v) is 9.66. The van der Waals surface area contributed by atoms with Gasteiger partial charge in [0.2, 0.25) is 5.91 Å². The minimum absolute atomic E-state index is 0.0424. The second-order valence-electron chi connectivity index (χ2n) is 3.23. The molecule has 0 saturated carbocycles. The van der Waals surface area contributed by atoms with Gasteiger partial charge in [-0.3, -0.25) is 4.79 Å². The van der Waals surface area contributed by atoms with E-state index in [9.17, 15) is 4.79 Å². The SMILES string of the molecule is CC=C(C=C(C)CN=C(N)N)NC(=O)CN. The van der Waals surface area contributed by atoms with Crippen LogP contribution in [0.3, 0.4) is 0 Å². The Balaban J connectivity index is 4.46. The van der Waals surface area contributed by atoms with Crippen LogP contribution < -0.4 is 22.5 Å². The number of aliphatic imine (C=N–C) groups is 1. The largest absolute Gasteiger partial charge is 0.370 e. The highest BCUT2D eigenvalue weighted by molar-refractivity contribution is 5.80. The Hall–Kier alpha value is -1.82. The third-order valence-corrected chi connectivity index (χ3v) is 1.69. The van der Waals surface area contributed by atoms with E-state index in [-0.39, 0.29) is 18.4 Å². The Morgan fingerprint density at radius 2 is 2.06 bits per heavy atom. The molecular formula is C10H19N5O. The highest BCUT2D eigenvalue weighted by Crippen LogP contribution is 2.00. The molecule has 0 heterocycles. The van der Waals surface area contributed by atoms with Crippen LogP contribution in [-0.4, -0.2) is 25.0 Å². The molecule has 6 heteroatoms. The van der Waals surface area contributed by atoms with Gasteiger partial charge in [0.05, 0.1) is 13.1 Å². The van der Waals surface area contributed by atoms with Crippen LogP contribution >= 0.6 is 0 Å². The maximum atomic E-state index is 11.1. The molecule has 0 aromatic rings. The van der Waals surface area contributed by atoms with Crippen LogP contribution in [0.15, 0.2) is 28.4 Å². The second-order valence-corrected chi connectivity index (χ2v) is 3.23. The Morgan fingerprint density at radius 3 is 2.50 bits per heavy atom. The first-order chi connectivity index (χ1) is 7.49. The number of guanidine groups is 1. The van der Waals surface area contributed by atoms with Gasteiger partial charge in [-0.25, -0.2) is 4.99 Å². The lowest BCUT2D eigenvalue weighted by Crippen LogP contribution is -2.29. The van der Waals surface area contributed by atoms with Gasteiger partial charge in [-0.2, -0.15) is 0 Å². The predicted octanol–water partition coefficient (Wildman–Crippen LogP) is -0.815. The number of allylic oxidation sites excluding steroid dienone is 2. The molecule has 0 fully saturated rings. The zero-order valence-electron chi connectivity index (χ0n) is 9.66. The van der Waals surface area contributed by atoms with Gasteiger partial charge in [-0.1, -0.05) is 6.08 Å². The summed E-state index contributed by atoms with van der Waals surface area (Å²) in [4.78, 5) is 14.9. The third kappa shape index (κ3) is 6.61. The maximum Gasteiger partial charge on any atom is 0.238 e. The number of hydrogen-bond acceptors (Lipinski definition) is 3. The van der Waals surface area contributed by atoms with Crippen LogP contribution in [-0.2, 0) is 4.79 Å². The molecule has 0 aliphatic carbocycles. The summed E-state index contributed by atoms with van der Waals surface area (Å²) < 4.78 is 0. The first-order valence-electron chi connectivity index (χ1n) is 4.88. The van der Waals surface area contributed by atoms with E-state index in [2.05, 4.69) is 10.3 Å². The minimum Gasteiger partial charge on any atom is -0.370 e. The molecule has 90 valence electrons. The highest BCUT2D eigenvalue weighted by atomic mass is 16.1. The van der Waals surface area contributed by atoms with E-state index in [0.29, 0.717) is 12.2 Å². The molecule has 0 rings (SSSR count). The van der Waals surface area contributed by atoms with Crippen molar-refractivity contribution in [1.82, 2.24) is 5.32 Å². The molecule has 0 spiro atoms. The van der Waals surface area contributed by atoms with Gasteiger partial charge in [-0.05, 0) is 25.5 Å². The van der Waals surface area contributed by atoms with Crippen molar-refractivity contribution >= 4 is 11.9 Å². The molecule has 0 aliphatic heterocycles. The van der Waals surface area contributed by atoms with Crippen LogP contribution in [0.1, 0.15) is 13.8 Å². The summed E-state index contributed by atoms with van der Waals surface area (Å²) in [6.07, 6.45) is 3.56. The summed E-state index contributed by atoms with van der Waals surface area (Å²) in [5.74, 6) is -0.195. The van der Waals surface area contributed by atoms with Gasteiger partial charge in [0.15, 0.2) is 5.96 Å². The van der Waals surface area contributed by atoms with Gasteiger partial charge in [0.25, 0.3) is 0 Å². The van der Waals surface area contributed by atoms with Gasteiger partial charge in [0.1, 0.15) is 0 Å². The Labute approximate surface area is 95.3 Å². The first-order valence-corrected chi connectivity index (χ1v) is 4.88. The van der Waals surface area contributed by atoms with Crippen LogP contribution in [0.25, 0.3) is 0 Å². The van der Waals surface area contributed by atoms with Crippen molar-refractivity contribution in [1.29, 1.82) is 0 Å².